The van der Waals surface area contributed by atoms with Crippen LogP contribution in [0.5, 0.6) is 5.75 Å². The van der Waals surface area contributed by atoms with Gasteiger partial charge in [-0.15, -0.1) is 0 Å². The average Bonchev–Trinajstić information content (AvgIpc) is 3.21. The smallest absolute Gasteiger partial charge is 0.389 e. The van der Waals surface area contributed by atoms with Crippen LogP contribution >= 0.6 is 11.6 Å². The molecule has 1 amide bonds. The molecule has 1 aromatic heterocycles. The summed E-state index contributed by atoms with van der Waals surface area (Å²) in [5.41, 5.74) is -3.82. The molecule has 0 unspecified atom stereocenters. The number of aromatic nitrogens is 2. The van der Waals surface area contributed by atoms with E-state index in [4.69, 9.17) is 11.6 Å². The van der Waals surface area contributed by atoms with E-state index in [0.717, 1.165) is 19.2 Å². The molecule has 1 saturated carbocycles. The van der Waals surface area contributed by atoms with Crippen LogP contribution in [0.4, 0.5) is 22.0 Å². The van der Waals surface area contributed by atoms with Crippen molar-refractivity contribution >= 4 is 27.3 Å². The van der Waals surface area contributed by atoms with Gasteiger partial charge in [-0.05, 0) is 63.6 Å². The molecule has 0 saturated heterocycles. The van der Waals surface area contributed by atoms with Gasteiger partial charge in [0.05, 0.1) is 27.2 Å². The Bertz CT molecular complexity index is 1390. The minimum atomic E-state index is -4.55. The van der Waals surface area contributed by atoms with Crippen molar-refractivity contribution < 1.29 is 50.1 Å². The molecule has 3 rings (SSSR count). The highest BCUT2D eigenvalue weighted by atomic mass is 35.5. The fourth-order valence-corrected chi connectivity index (χ4v) is 6.32. The normalized spacial score (nSPS) is 21.3. The number of benzene rings is 1. The molecule has 16 heteroatoms. The van der Waals surface area contributed by atoms with Crippen LogP contribution in [-0.2, 0) is 22.0 Å². The van der Waals surface area contributed by atoms with E-state index in [-0.39, 0.29) is 66.3 Å². The predicted molar refractivity (Wildman–Crippen MR) is 144 cm³/mol. The Kier molecular flexibility index (Phi) is 10.2. The van der Waals surface area contributed by atoms with Gasteiger partial charge < -0.3 is 20.3 Å². The van der Waals surface area contributed by atoms with E-state index in [1.54, 1.807) is 6.92 Å². The first kappa shape index (κ1) is 34.0. The Labute approximate surface area is 244 Å². The standard InChI is InChI=1S/C26H33ClF5N3O6S/c1-4-35-21(17-6-5-15(13-18(17)41-23(28)29)24(2,37)11-12-26(30,31)32)19(27)20(34-35)22(36)33-14-25(38)9-7-16(8-10-25)42(3,39)40/h5-6,13,16,23,37-38H,4,7-12,14H2,1-3H3,(H,33,36)/t16?,24-,25?/m0/s1. The van der Waals surface area contributed by atoms with Gasteiger partial charge in [-0.1, -0.05) is 17.7 Å². The SMILES string of the molecule is CCn1nc(C(=O)NCC2(O)CCC(S(C)(=O)=O)CC2)c(Cl)c1-c1ccc([C@@](C)(O)CCC(F)(F)F)cc1OC(F)F. The van der Waals surface area contributed by atoms with E-state index in [2.05, 4.69) is 15.2 Å². The molecule has 0 aliphatic heterocycles. The third-order valence-electron chi connectivity index (χ3n) is 7.43. The number of hydrogen-bond acceptors (Lipinski definition) is 7. The minimum Gasteiger partial charge on any atom is -0.434 e. The summed E-state index contributed by atoms with van der Waals surface area (Å²) in [7, 11) is -3.26. The second-order valence-electron chi connectivity index (χ2n) is 10.7. The lowest BCUT2D eigenvalue weighted by Crippen LogP contribution is -2.47. The van der Waals surface area contributed by atoms with Crippen LogP contribution in [0, 0.1) is 0 Å². The van der Waals surface area contributed by atoms with Crippen molar-refractivity contribution in [2.45, 2.75) is 88.2 Å². The van der Waals surface area contributed by atoms with Gasteiger partial charge in [0.15, 0.2) is 5.69 Å². The van der Waals surface area contributed by atoms with Gasteiger partial charge in [-0.25, -0.2) is 8.42 Å². The lowest BCUT2D eigenvalue weighted by Gasteiger charge is -2.35. The van der Waals surface area contributed by atoms with Gasteiger partial charge >= 0.3 is 12.8 Å². The summed E-state index contributed by atoms with van der Waals surface area (Å²) in [6.45, 7) is -0.668. The van der Waals surface area contributed by atoms with Crippen LogP contribution in [0.15, 0.2) is 18.2 Å². The number of aliphatic hydroxyl groups is 2. The lowest BCUT2D eigenvalue weighted by atomic mass is 9.84. The number of nitrogens with one attached hydrogen (secondary N) is 1. The third kappa shape index (κ3) is 8.32. The number of halogens is 6. The number of rotatable bonds is 11. The van der Waals surface area contributed by atoms with Crippen molar-refractivity contribution in [2.75, 3.05) is 12.8 Å². The van der Waals surface area contributed by atoms with Crippen molar-refractivity contribution in [1.29, 1.82) is 0 Å². The summed E-state index contributed by atoms with van der Waals surface area (Å²) < 4.78 is 94.4. The molecule has 236 valence electrons. The number of ether oxygens (including phenoxy) is 1. The Morgan fingerprint density at radius 1 is 1.26 bits per heavy atom. The van der Waals surface area contributed by atoms with Gasteiger partial charge in [0.1, 0.15) is 15.6 Å². The monoisotopic (exact) mass is 645 g/mol. The van der Waals surface area contributed by atoms with E-state index in [1.165, 1.54) is 16.8 Å². The van der Waals surface area contributed by atoms with Gasteiger partial charge in [-0.3, -0.25) is 9.48 Å². The Balaban J connectivity index is 1.89. The van der Waals surface area contributed by atoms with Gasteiger partial charge in [0.2, 0.25) is 0 Å². The number of amides is 1. The Morgan fingerprint density at radius 3 is 2.40 bits per heavy atom. The highest BCUT2D eigenvalue weighted by molar-refractivity contribution is 7.91. The summed E-state index contributed by atoms with van der Waals surface area (Å²) in [5.74, 6) is -1.29. The maximum Gasteiger partial charge on any atom is 0.389 e. The van der Waals surface area contributed by atoms with Crippen LogP contribution in [-0.4, -0.2) is 70.8 Å². The number of sulfone groups is 1. The van der Waals surface area contributed by atoms with E-state index in [0.29, 0.717) is 0 Å². The highest BCUT2D eigenvalue weighted by Gasteiger charge is 2.38. The quantitative estimate of drug-likeness (QED) is 0.299. The molecule has 0 spiro atoms. The first-order valence-corrected chi connectivity index (χ1v) is 15.4. The molecule has 0 radical (unpaired) electrons. The first-order valence-electron chi connectivity index (χ1n) is 13.1. The summed E-state index contributed by atoms with van der Waals surface area (Å²) >= 11 is 6.51. The number of nitrogens with zero attached hydrogens (tertiary/aromatic N) is 2. The fourth-order valence-electron chi connectivity index (χ4n) is 4.91. The number of carbonyl (C=O) groups excluding carboxylic acids is 1. The van der Waals surface area contributed by atoms with Crippen LogP contribution in [0.3, 0.4) is 0 Å². The van der Waals surface area contributed by atoms with Crippen LogP contribution < -0.4 is 10.1 Å². The third-order valence-corrected chi connectivity index (χ3v) is 9.47. The van der Waals surface area contributed by atoms with Crippen molar-refractivity contribution in [3.63, 3.8) is 0 Å². The van der Waals surface area contributed by atoms with Crippen molar-refractivity contribution in [1.82, 2.24) is 15.1 Å². The summed E-state index contributed by atoms with van der Waals surface area (Å²) in [5, 5.41) is 27.4. The minimum absolute atomic E-state index is 0.00817. The molecule has 1 fully saturated rings. The van der Waals surface area contributed by atoms with E-state index in [9.17, 15) is 45.4 Å². The zero-order valence-electron chi connectivity index (χ0n) is 23.1. The maximum atomic E-state index is 13.4. The zero-order chi connectivity index (χ0) is 31.7. The van der Waals surface area contributed by atoms with E-state index >= 15 is 0 Å². The van der Waals surface area contributed by atoms with Gasteiger partial charge in [0, 0.05) is 31.3 Å². The molecule has 2 aromatic rings. The van der Waals surface area contributed by atoms with E-state index in [1.807, 2.05) is 0 Å². The second-order valence-corrected chi connectivity index (χ2v) is 13.4. The van der Waals surface area contributed by atoms with E-state index < -0.39 is 63.6 Å². The Morgan fingerprint density at radius 2 is 1.88 bits per heavy atom. The summed E-state index contributed by atoms with van der Waals surface area (Å²) in [6.07, 6.45) is -4.72. The molecule has 1 aliphatic rings. The van der Waals surface area contributed by atoms with Crippen LogP contribution in [0.1, 0.15) is 68.4 Å². The maximum absolute atomic E-state index is 13.4. The van der Waals surface area contributed by atoms with Crippen molar-refractivity contribution in [2.24, 2.45) is 0 Å². The second kappa shape index (κ2) is 12.6. The highest BCUT2D eigenvalue weighted by Crippen LogP contribution is 2.41. The van der Waals surface area contributed by atoms with Gasteiger partial charge in [0.25, 0.3) is 5.91 Å². The molecular weight excluding hydrogens is 613 g/mol. The van der Waals surface area contributed by atoms with Crippen LogP contribution in [0.25, 0.3) is 11.3 Å². The number of hydrogen-bond donors (Lipinski definition) is 3. The lowest BCUT2D eigenvalue weighted by molar-refractivity contribution is -0.146. The molecule has 1 aliphatic carbocycles. The summed E-state index contributed by atoms with van der Waals surface area (Å²) in [4.78, 5) is 13.0. The summed E-state index contributed by atoms with van der Waals surface area (Å²) in [6, 6.07) is 3.47. The molecule has 42 heavy (non-hydrogen) atoms. The average molecular weight is 646 g/mol. The first-order chi connectivity index (χ1) is 19.3. The van der Waals surface area contributed by atoms with Crippen molar-refractivity contribution in [3.8, 4) is 17.0 Å². The molecule has 1 aromatic carbocycles. The number of alkyl halides is 5. The number of aryl methyl sites for hydroxylation is 1. The molecule has 1 heterocycles. The van der Waals surface area contributed by atoms with Crippen molar-refractivity contribution in [3.05, 3.63) is 34.5 Å². The molecular formula is C26H33ClF5N3O6S. The van der Waals surface area contributed by atoms with Crippen LogP contribution in [0.2, 0.25) is 5.02 Å². The molecule has 3 N–H and O–H groups in total. The predicted octanol–water partition coefficient (Wildman–Crippen LogP) is 4.82. The molecule has 9 nitrogen and oxygen atoms in total. The van der Waals surface area contributed by atoms with Gasteiger partial charge in [-0.2, -0.15) is 27.1 Å². The number of carbonyl (C=O) groups is 1. The topological polar surface area (TPSA) is 131 Å². The molecule has 1 atom stereocenters. The fraction of sp³-hybridized carbons (Fsp3) is 0.615. The Hall–Kier alpha value is -2.49. The zero-order valence-corrected chi connectivity index (χ0v) is 24.7. The largest absolute Gasteiger partial charge is 0.434 e. The molecule has 0 bridgehead atoms.